The third-order valence-electron chi connectivity index (χ3n) is 6.36. The summed E-state index contributed by atoms with van der Waals surface area (Å²) in [5, 5.41) is 6.34. The highest BCUT2D eigenvalue weighted by Gasteiger charge is 2.39. The Balaban J connectivity index is 1.79. The zero-order valence-electron chi connectivity index (χ0n) is 20.7. The molecular weight excluding hydrogens is 444 g/mol. The van der Waals surface area contributed by atoms with Crippen molar-refractivity contribution >= 4 is 17.4 Å². The van der Waals surface area contributed by atoms with Crippen LogP contribution in [0.15, 0.2) is 65.0 Å². The third-order valence-corrected chi connectivity index (χ3v) is 6.36. The maximum absolute atomic E-state index is 13.7. The van der Waals surface area contributed by atoms with Crippen LogP contribution in [0.1, 0.15) is 51.0 Å². The van der Waals surface area contributed by atoms with Crippen LogP contribution in [0.2, 0.25) is 0 Å². The normalized spacial score (nSPS) is 17.5. The summed E-state index contributed by atoms with van der Waals surface area (Å²) in [7, 11) is 3.15. The second-order valence-electron chi connectivity index (χ2n) is 8.68. The fourth-order valence-corrected chi connectivity index (χ4v) is 4.75. The van der Waals surface area contributed by atoms with Crippen LogP contribution in [0.3, 0.4) is 0 Å². The zero-order valence-corrected chi connectivity index (χ0v) is 20.7. The largest absolute Gasteiger partial charge is 0.495 e. The molecule has 0 spiro atoms. The van der Waals surface area contributed by atoms with Gasteiger partial charge in [-0.05, 0) is 56.0 Å². The first kappa shape index (κ1) is 24.4. The minimum atomic E-state index is -0.525. The molecule has 0 fully saturated rings. The van der Waals surface area contributed by atoms with Crippen molar-refractivity contribution in [3.8, 4) is 17.2 Å². The van der Waals surface area contributed by atoms with E-state index in [4.69, 9.17) is 14.2 Å². The number of hydrogen-bond donors (Lipinski definition) is 2. The molecule has 2 aromatic rings. The Morgan fingerprint density at radius 2 is 1.83 bits per heavy atom. The van der Waals surface area contributed by atoms with Gasteiger partial charge >= 0.3 is 0 Å². The van der Waals surface area contributed by atoms with Crippen molar-refractivity contribution in [3.05, 3.63) is 70.6 Å². The number of rotatable bonds is 8. The van der Waals surface area contributed by atoms with E-state index in [0.717, 1.165) is 36.2 Å². The number of dihydropyridines is 1. The Morgan fingerprint density at radius 1 is 1.06 bits per heavy atom. The molecule has 4 rings (SSSR count). The Kier molecular flexibility index (Phi) is 7.44. The summed E-state index contributed by atoms with van der Waals surface area (Å²) in [4.78, 5) is 26.9. The highest BCUT2D eigenvalue weighted by Crippen LogP contribution is 2.44. The van der Waals surface area contributed by atoms with Crippen molar-refractivity contribution in [2.24, 2.45) is 0 Å². The lowest BCUT2D eigenvalue weighted by atomic mass is 9.75. The summed E-state index contributed by atoms with van der Waals surface area (Å²) in [6.45, 7) is 4.49. The van der Waals surface area contributed by atoms with Gasteiger partial charge in [0, 0.05) is 34.9 Å². The van der Waals surface area contributed by atoms with Crippen LogP contribution in [-0.4, -0.2) is 32.5 Å². The number of methoxy groups -OCH3 is 2. The molecule has 0 bridgehead atoms. The van der Waals surface area contributed by atoms with E-state index in [1.807, 2.05) is 44.2 Å². The van der Waals surface area contributed by atoms with Crippen molar-refractivity contribution in [1.82, 2.24) is 5.32 Å². The lowest BCUT2D eigenvalue weighted by Crippen LogP contribution is -2.35. The molecule has 2 aromatic carbocycles. The van der Waals surface area contributed by atoms with Crippen LogP contribution in [0.5, 0.6) is 17.2 Å². The summed E-state index contributed by atoms with van der Waals surface area (Å²) in [5.41, 5.74) is 4.13. The number of benzene rings is 2. The minimum Gasteiger partial charge on any atom is -0.495 e. The number of nitrogens with one attached hydrogen (secondary N) is 2. The molecule has 184 valence electrons. The monoisotopic (exact) mass is 476 g/mol. The molecule has 0 saturated heterocycles. The van der Waals surface area contributed by atoms with Crippen LogP contribution in [-0.2, 0) is 9.59 Å². The van der Waals surface area contributed by atoms with E-state index >= 15 is 0 Å². The van der Waals surface area contributed by atoms with Gasteiger partial charge in [-0.3, -0.25) is 9.59 Å². The first-order valence-electron chi connectivity index (χ1n) is 12.0. The predicted molar refractivity (Wildman–Crippen MR) is 135 cm³/mol. The van der Waals surface area contributed by atoms with Gasteiger partial charge in [0.25, 0.3) is 5.91 Å². The van der Waals surface area contributed by atoms with Crippen molar-refractivity contribution in [2.45, 2.75) is 45.4 Å². The molecule has 1 aliphatic carbocycles. The molecule has 1 aliphatic heterocycles. The number of carbonyl (C=O) groups excluding carboxylic acids is 2. The predicted octanol–water partition coefficient (Wildman–Crippen LogP) is 5.10. The van der Waals surface area contributed by atoms with Gasteiger partial charge < -0.3 is 24.8 Å². The van der Waals surface area contributed by atoms with E-state index in [1.54, 1.807) is 26.4 Å². The first-order valence-corrected chi connectivity index (χ1v) is 12.0. The highest BCUT2D eigenvalue weighted by atomic mass is 16.5. The van der Waals surface area contributed by atoms with Crippen LogP contribution >= 0.6 is 0 Å². The fourth-order valence-electron chi connectivity index (χ4n) is 4.75. The molecule has 0 saturated carbocycles. The fraction of sp³-hybridized carbons (Fsp3) is 0.357. The molecule has 35 heavy (non-hydrogen) atoms. The summed E-state index contributed by atoms with van der Waals surface area (Å²) in [6.07, 6.45) is 2.90. The first-order chi connectivity index (χ1) is 17.0. The lowest BCUT2D eigenvalue weighted by Gasteiger charge is -2.34. The van der Waals surface area contributed by atoms with E-state index in [0.29, 0.717) is 47.1 Å². The maximum Gasteiger partial charge on any atom is 0.254 e. The molecule has 1 atom stereocenters. The average molecular weight is 477 g/mol. The van der Waals surface area contributed by atoms with Crippen LogP contribution in [0.25, 0.3) is 0 Å². The second kappa shape index (κ2) is 10.7. The lowest BCUT2D eigenvalue weighted by molar-refractivity contribution is -0.116. The number of para-hydroxylation sites is 2. The van der Waals surface area contributed by atoms with Gasteiger partial charge in [-0.2, -0.15) is 0 Å². The van der Waals surface area contributed by atoms with E-state index in [1.165, 1.54) is 0 Å². The van der Waals surface area contributed by atoms with Crippen molar-refractivity contribution in [1.29, 1.82) is 0 Å². The quantitative estimate of drug-likeness (QED) is 0.551. The van der Waals surface area contributed by atoms with Crippen LogP contribution < -0.4 is 24.8 Å². The van der Waals surface area contributed by atoms with Crippen molar-refractivity contribution in [2.75, 3.05) is 26.1 Å². The van der Waals surface area contributed by atoms with E-state index in [9.17, 15) is 9.59 Å². The molecule has 1 heterocycles. The smallest absolute Gasteiger partial charge is 0.254 e. The van der Waals surface area contributed by atoms with Crippen molar-refractivity contribution in [3.63, 3.8) is 0 Å². The standard InChI is InChI=1S/C28H32N2O5/c1-5-15-35-23-14-13-18(16-24(23)34-4)26-25(17(2)29-20-10-8-11-21(31)27(20)26)28(32)30-19-9-6-7-12-22(19)33-3/h6-7,9,12-14,16,26,29H,5,8,10-11,15H2,1-4H3,(H,30,32)/t26-/m1/s1. The third kappa shape index (κ3) is 4.90. The Hall–Kier alpha value is -3.74. The Labute approximate surface area is 206 Å². The molecule has 7 nitrogen and oxygen atoms in total. The molecule has 0 aromatic heterocycles. The number of carbonyl (C=O) groups is 2. The van der Waals surface area contributed by atoms with Crippen molar-refractivity contribution < 1.29 is 23.8 Å². The molecule has 0 unspecified atom stereocenters. The molecule has 1 amide bonds. The average Bonchev–Trinajstić information content (AvgIpc) is 2.87. The number of Topliss-reactive ketones (excluding diaryl/α,β-unsaturated/α-hetero) is 1. The minimum absolute atomic E-state index is 0.0594. The highest BCUT2D eigenvalue weighted by molar-refractivity contribution is 6.10. The SMILES string of the molecule is CCCOc1ccc([C@@H]2C(C(=O)Nc3ccccc3OC)=C(C)NC3=C2C(=O)CCC3)cc1OC. The molecule has 2 aliphatic rings. The second-order valence-corrected chi connectivity index (χ2v) is 8.68. The van der Waals surface area contributed by atoms with Gasteiger partial charge in [0.05, 0.1) is 26.5 Å². The molecule has 7 heteroatoms. The van der Waals surface area contributed by atoms with Crippen LogP contribution in [0, 0.1) is 0 Å². The molecule has 2 N–H and O–H groups in total. The topological polar surface area (TPSA) is 85.9 Å². The van der Waals surface area contributed by atoms with Gasteiger partial charge in [-0.15, -0.1) is 0 Å². The number of allylic oxidation sites excluding steroid dienone is 3. The Morgan fingerprint density at radius 3 is 2.57 bits per heavy atom. The summed E-state index contributed by atoms with van der Waals surface area (Å²) < 4.78 is 16.8. The maximum atomic E-state index is 13.7. The summed E-state index contributed by atoms with van der Waals surface area (Å²) in [5.74, 6) is 1.01. The van der Waals surface area contributed by atoms with Gasteiger partial charge in [0.2, 0.25) is 0 Å². The summed E-state index contributed by atoms with van der Waals surface area (Å²) in [6, 6.07) is 12.9. The van der Waals surface area contributed by atoms with Gasteiger partial charge in [0.15, 0.2) is 17.3 Å². The molecular formula is C28H32N2O5. The number of ether oxygens (including phenoxy) is 3. The van der Waals surface area contributed by atoms with Crippen LogP contribution in [0.4, 0.5) is 5.69 Å². The van der Waals surface area contributed by atoms with Gasteiger partial charge in [-0.1, -0.05) is 25.1 Å². The van der Waals surface area contributed by atoms with E-state index in [-0.39, 0.29) is 11.7 Å². The number of anilines is 1. The van der Waals surface area contributed by atoms with E-state index < -0.39 is 5.92 Å². The van der Waals surface area contributed by atoms with Gasteiger partial charge in [-0.25, -0.2) is 0 Å². The van der Waals surface area contributed by atoms with Gasteiger partial charge in [0.1, 0.15) is 5.75 Å². The zero-order chi connectivity index (χ0) is 24.9. The number of hydrogen-bond acceptors (Lipinski definition) is 6. The number of amides is 1. The molecule has 0 radical (unpaired) electrons. The summed E-state index contributed by atoms with van der Waals surface area (Å²) >= 11 is 0. The van der Waals surface area contributed by atoms with E-state index in [2.05, 4.69) is 10.6 Å². The number of ketones is 1. The Bertz CT molecular complexity index is 1200.